The van der Waals surface area contributed by atoms with Crippen molar-refractivity contribution in [1.82, 2.24) is 30.1 Å². The molecule has 0 spiro atoms. The molecule has 33 heavy (non-hydrogen) atoms. The second-order valence-electron chi connectivity index (χ2n) is 8.08. The van der Waals surface area contributed by atoms with E-state index in [1.165, 1.54) is 0 Å². The van der Waals surface area contributed by atoms with E-state index in [0.29, 0.717) is 61.3 Å². The number of ether oxygens (including phenoxy) is 3. The molecule has 1 atom stereocenters. The predicted octanol–water partition coefficient (Wildman–Crippen LogP) is 1.71. The van der Waals surface area contributed by atoms with Gasteiger partial charge < -0.3 is 19.2 Å². The van der Waals surface area contributed by atoms with Gasteiger partial charge in [0.1, 0.15) is 6.04 Å². The SMILES string of the molecule is O=c1[nH]c2cc3c(cc2cc1[C@H](c1nnnn1Cc1ccccc1)N1CCOCC1)OCO3. The number of nitrogens with one attached hydrogen (secondary N) is 1. The van der Waals surface area contributed by atoms with E-state index in [9.17, 15) is 4.79 Å². The van der Waals surface area contributed by atoms with Crippen LogP contribution in [-0.4, -0.2) is 63.2 Å². The number of pyridine rings is 1. The summed E-state index contributed by atoms with van der Waals surface area (Å²) in [5.74, 6) is 1.91. The van der Waals surface area contributed by atoms with Gasteiger partial charge in [-0.05, 0) is 28.1 Å². The zero-order valence-corrected chi connectivity index (χ0v) is 17.8. The van der Waals surface area contributed by atoms with Gasteiger partial charge in [0.05, 0.1) is 25.3 Å². The molecule has 2 aliphatic rings. The highest BCUT2D eigenvalue weighted by atomic mass is 16.7. The van der Waals surface area contributed by atoms with Gasteiger partial charge in [-0.2, -0.15) is 0 Å². The molecule has 4 aromatic rings. The van der Waals surface area contributed by atoms with Gasteiger partial charge in [-0.1, -0.05) is 30.3 Å². The smallest absolute Gasteiger partial charge is 0.253 e. The molecule has 6 rings (SSSR count). The topological polar surface area (TPSA) is 107 Å². The molecule has 1 fully saturated rings. The van der Waals surface area contributed by atoms with Crippen molar-refractivity contribution in [2.24, 2.45) is 0 Å². The first-order valence-corrected chi connectivity index (χ1v) is 10.8. The number of tetrazole rings is 1. The van der Waals surface area contributed by atoms with Gasteiger partial charge in [0.15, 0.2) is 17.3 Å². The molecule has 0 amide bonds. The number of hydrogen-bond acceptors (Lipinski definition) is 8. The van der Waals surface area contributed by atoms with Gasteiger partial charge in [-0.25, -0.2) is 4.68 Å². The standard InChI is InChI=1S/C23H22N6O4/c30-23-17(10-16-11-19-20(33-14-32-19)12-18(16)24-23)21(28-6-8-31-9-7-28)22-25-26-27-29(22)13-15-4-2-1-3-5-15/h1-5,10-12,21H,6-9,13-14H2,(H,24,30)/t21-/m1/s1. The van der Waals surface area contributed by atoms with Crippen LogP contribution in [-0.2, 0) is 11.3 Å². The normalized spacial score (nSPS) is 16.8. The molecule has 1 N–H and O–H groups in total. The van der Waals surface area contributed by atoms with Gasteiger partial charge in [0, 0.05) is 30.1 Å². The molecular formula is C23H22N6O4. The third-order valence-electron chi connectivity index (χ3n) is 6.05. The lowest BCUT2D eigenvalue weighted by atomic mass is 10.0. The van der Waals surface area contributed by atoms with Crippen LogP contribution in [0.15, 0.2) is 53.3 Å². The molecule has 0 saturated carbocycles. The number of rotatable bonds is 5. The maximum Gasteiger partial charge on any atom is 0.253 e. The summed E-state index contributed by atoms with van der Waals surface area (Å²) in [7, 11) is 0. The molecule has 1 saturated heterocycles. The van der Waals surface area contributed by atoms with E-state index < -0.39 is 6.04 Å². The van der Waals surface area contributed by atoms with Crippen molar-refractivity contribution in [3.8, 4) is 11.5 Å². The fourth-order valence-corrected chi connectivity index (χ4v) is 4.43. The summed E-state index contributed by atoms with van der Waals surface area (Å²) in [6.45, 7) is 3.19. The minimum atomic E-state index is -0.425. The average Bonchev–Trinajstić information content (AvgIpc) is 3.49. The molecule has 10 nitrogen and oxygen atoms in total. The van der Waals surface area contributed by atoms with Crippen LogP contribution in [0.25, 0.3) is 10.9 Å². The van der Waals surface area contributed by atoms with Crippen molar-refractivity contribution < 1.29 is 14.2 Å². The molecule has 2 aromatic carbocycles. The average molecular weight is 446 g/mol. The number of morpholine rings is 1. The zero-order valence-electron chi connectivity index (χ0n) is 17.8. The predicted molar refractivity (Wildman–Crippen MR) is 118 cm³/mol. The van der Waals surface area contributed by atoms with Crippen LogP contribution in [0.4, 0.5) is 0 Å². The van der Waals surface area contributed by atoms with Crippen LogP contribution in [0.5, 0.6) is 11.5 Å². The van der Waals surface area contributed by atoms with Crippen molar-refractivity contribution in [2.75, 3.05) is 33.1 Å². The Morgan fingerprint density at radius 2 is 1.82 bits per heavy atom. The van der Waals surface area contributed by atoms with Crippen LogP contribution in [0.1, 0.15) is 23.0 Å². The monoisotopic (exact) mass is 446 g/mol. The highest BCUT2D eigenvalue weighted by molar-refractivity contribution is 5.83. The molecule has 2 aliphatic heterocycles. The Labute approximate surface area is 188 Å². The van der Waals surface area contributed by atoms with E-state index in [2.05, 4.69) is 25.4 Å². The van der Waals surface area contributed by atoms with Crippen molar-refractivity contribution >= 4 is 10.9 Å². The first-order chi connectivity index (χ1) is 16.3. The van der Waals surface area contributed by atoms with Gasteiger partial charge in [0.25, 0.3) is 5.56 Å². The Balaban J connectivity index is 1.47. The number of benzene rings is 2. The van der Waals surface area contributed by atoms with E-state index in [1.807, 2.05) is 42.5 Å². The lowest BCUT2D eigenvalue weighted by molar-refractivity contribution is 0.0214. The fourth-order valence-electron chi connectivity index (χ4n) is 4.43. The van der Waals surface area contributed by atoms with E-state index >= 15 is 0 Å². The summed E-state index contributed by atoms with van der Waals surface area (Å²) in [5.41, 5.74) is 2.16. The Bertz CT molecular complexity index is 1350. The minimum Gasteiger partial charge on any atom is -0.454 e. The van der Waals surface area contributed by atoms with Gasteiger partial charge >= 0.3 is 0 Å². The molecule has 0 bridgehead atoms. The third kappa shape index (κ3) is 3.73. The number of fused-ring (bicyclic) bond motifs is 2. The molecule has 0 radical (unpaired) electrons. The van der Waals surface area contributed by atoms with Crippen LogP contribution in [0.2, 0.25) is 0 Å². The zero-order chi connectivity index (χ0) is 22.2. The lowest BCUT2D eigenvalue weighted by Crippen LogP contribution is -2.42. The third-order valence-corrected chi connectivity index (χ3v) is 6.05. The Kier molecular flexibility index (Phi) is 5.00. The quantitative estimate of drug-likeness (QED) is 0.494. The van der Waals surface area contributed by atoms with Crippen LogP contribution < -0.4 is 15.0 Å². The minimum absolute atomic E-state index is 0.174. The number of aromatic nitrogens is 5. The summed E-state index contributed by atoms with van der Waals surface area (Å²) in [6.07, 6.45) is 0. The first kappa shape index (κ1) is 19.9. The number of H-pyrrole nitrogens is 1. The Hall–Kier alpha value is -3.76. The molecule has 10 heteroatoms. The molecule has 4 heterocycles. The largest absolute Gasteiger partial charge is 0.454 e. The van der Waals surface area contributed by atoms with E-state index in [1.54, 1.807) is 10.7 Å². The van der Waals surface area contributed by atoms with E-state index in [-0.39, 0.29) is 12.4 Å². The first-order valence-electron chi connectivity index (χ1n) is 10.8. The molecule has 2 aromatic heterocycles. The summed E-state index contributed by atoms with van der Waals surface area (Å²) < 4.78 is 18.3. The van der Waals surface area contributed by atoms with Crippen molar-refractivity contribution in [2.45, 2.75) is 12.6 Å². The highest BCUT2D eigenvalue weighted by Gasteiger charge is 2.32. The molecule has 0 unspecified atom stereocenters. The Morgan fingerprint density at radius 3 is 2.64 bits per heavy atom. The van der Waals surface area contributed by atoms with Crippen molar-refractivity contribution in [3.63, 3.8) is 0 Å². The second-order valence-corrected chi connectivity index (χ2v) is 8.08. The van der Waals surface area contributed by atoms with Gasteiger partial charge in [-0.15, -0.1) is 5.10 Å². The van der Waals surface area contributed by atoms with E-state index in [0.717, 1.165) is 10.9 Å². The van der Waals surface area contributed by atoms with Crippen molar-refractivity contribution in [3.05, 3.63) is 75.8 Å². The molecule has 168 valence electrons. The number of hydrogen-bond donors (Lipinski definition) is 1. The second kappa shape index (κ2) is 8.30. The van der Waals surface area contributed by atoms with Crippen LogP contribution in [0.3, 0.4) is 0 Å². The van der Waals surface area contributed by atoms with Crippen molar-refractivity contribution in [1.29, 1.82) is 0 Å². The van der Waals surface area contributed by atoms with Crippen LogP contribution in [0, 0.1) is 0 Å². The molecule has 0 aliphatic carbocycles. The number of nitrogens with zero attached hydrogens (tertiary/aromatic N) is 5. The summed E-state index contributed by atoms with van der Waals surface area (Å²) >= 11 is 0. The fraction of sp³-hybridized carbons (Fsp3) is 0.304. The maximum absolute atomic E-state index is 13.3. The van der Waals surface area contributed by atoms with Gasteiger partial charge in [-0.3, -0.25) is 9.69 Å². The van der Waals surface area contributed by atoms with Gasteiger partial charge in [0.2, 0.25) is 6.79 Å². The number of aromatic amines is 1. The maximum atomic E-state index is 13.3. The lowest BCUT2D eigenvalue weighted by Gasteiger charge is -2.33. The highest BCUT2D eigenvalue weighted by Crippen LogP contribution is 2.36. The summed E-state index contributed by atoms with van der Waals surface area (Å²) in [5, 5.41) is 13.4. The Morgan fingerprint density at radius 1 is 1.03 bits per heavy atom. The van der Waals surface area contributed by atoms with Crippen LogP contribution >= 0.6 is 0 Å². The molecular weight excluding hydrogens is 424 g/mol. The van der Waals surface area contributed by atoms with E-state index in [4.69, 9.17) is 14.2 Å². The summed E-state index contributed by atoms with van der Waals surface area (Å²) in [4.78, 5) is 18.5. The summed E-state index contributed by atoms with van der Waals surface area (Å²) in [6, 6.07) is 15.2.